The molecule has 0 radical (unpaired) electrons. The molecule has 0 aliphatic rings. The Morgan fingerprint density at radius 1 is 0.952 bits per heavy atom. The average molecular weight is 344 g/mol. The molecule has 2 rings (SSSR count). The molecule has 2 aromatic rings. The maximum Gasteiger partial charge on any atom is 0.122 e. The third kappa shape index (κ3) is 3.66. The Balaban J connectivity index is 2.40. The Morgan fingerprint density at radius 2 is 1.57 bits per heavy atom. The molecule has 0 unspecified atom stereocenters. The van der Waals surface area contributed by atoms with Crippen molar-refractivity contribution in [3.05, 3.63) is 64.7 Å². The summed E-state index contributed by atoms with van der Waals surface area (Å²) in [6, 6.07) is 15.7. The predicted molar refractivity (Wildman–Crippen MR) is 91.3 cm³/mol. The molecule has 0 atom stereocenters. The van der Waals surface area contributed by atoms with Crippen molar-refractivity contribution in [3.8, 4) is 5.75 Å². The van der Waals surface area contributed by atoms with Crippen molar-refractivity contribution in [1.82, 2.24) is 0 Å². The van der Waals surface area contributed by atoms with E-state index >= 15 is 0 Å². The lowest BCUT2D eigenvalue weighted by molar-refractivity contribution is 0.403. The Bertz CT molecular complexity index is 577. The molecule has 0 saturated carbocycles. The Labute approximate surface area is 140 Å². The number of alkyl halides is 2. The van der Waals surface area contributed by atoms with Crippen LogP contribution in [0.25, 0.3) is 0 Å². The second-order valence-corrected chi connectivity index (χ2v) is 6.01. The van der Waals surface area contributed by atoms with Gasteiger partial charge in [0, 0.05) is 22.2 Å². The number of hydrogen-bond donors (Lipinski definition) is 0. The van der Waals surface area contributed by atoms with Crippen molar-refractivity contribution in [1.29, 1.82) is 0 Å². The Hall–Kier alpha value is -0.890. The highest BCUT2D eigenvalue weighted by Crippen LogP contribution is 2.35. The minimum Gasteiger partial charge on any atom is -0.496 e. The molecule has 0 bridgehead atoms. The fraction of sp³-hybridized carbons (Fsp3) is 0.294. The van der Waals surface area contributed by atoms with E-state index in [1.165, 1.54) is 0 Å². The minimum atomic E-state index is -0.345. The van der Waals surface area contributed by atoms with Gasteiger partial charge in [-0.3, -0.25) is 0 Å². The first-order valence-electron chi connectivity index (χ1n) is 6.65. The van der Waals surface area contributed by atoms with Gasteiger partial charge in [-0.25, -0.2) is 0 Å². The van der Waals surface area contributed by atoms with E-state index in [1.54, 1.807) is 7.11 Å². The molecular formula is C17H17Cl3O. The lowest BCUT2D eigenvalue weighted by atomic mass is 9.78. The Kier molecular flexibility index (Phi) is 5.80. The first-order chi connectivity index (χ1) is 10.1. The molecule has 21 heavy (non-hydrogen) atoms. The smallest absolute Gasteiger partial charge is 0.122 e. The van der Waals surface area contributed by atoms with Crippen molar-refractivity contribution >= 4 is 34.8 Å². The Morgan fingerprint density at radius 3 is 2.14 bits per heavy atom. The molecule has 0 saturated heterocycles. The van der Waals surface area contributed by atoms with Crippen LogP contribution in [0.5, 0.6) is 5.75 Å². The van der Waals surface area contributed by atoms with Crippen LogP contribution in [0, 0.1) is 0 Å². The van der Waals surface area contributed by atoms with Gasteiger partial charge in [-0.2, -0.15) is 0 Å². The zero-order valence-electron chi connectivity index (χ0n) is 11.8. The van der Waals surface area contributed by atoms with Gasteiger partial charge in [-0.05, 0) is 35.7 Å². The van der Waals surface area contributed by atoms with E-state index in [1.807, 2.05) is 48.5 Å². The molecule has 0 aliphatic carbocycles. The standard InChI is InChI=1S/C17H17Cl3O/c1-21-16-5-3-2-4-13(16)10-17(11-18,12-19)14-6-8-15(20)9-7-14/h2-9H,10-12H2,1H3. The third-order valence-electron chi connectivity index (χ3n) is 3.69. The molecular weight excluding hydrogens is 327 g/mol. The van der Waals surface area contributed by atoms with Gasteiger partial charge in [0.1, 0.15) is 5.75 Å². The molecule has 0 aromatic heterocycles. The zero-order chi connectivity index (χ0) is 15.3. The molecule has 0 aliphatic heterocycles. The molecule has 0 fully saturated rings. The van der Waals surface area contributed by atoms with Gasteiger partial charge in [0.05, 0.1) is 7.11 Å². The highest BCUT2D eigenvalue weighted by Gasteiger charge is 2.32. The van der Waals surface area contributed by atoms with Crippen molar-refractivity contribution in [2.75, 3.05) is 18.9 Å². The summed E-state index contributed by atoms with van der Waals surface area (Å²) in [4.78, 5) is 0. The highest BCUT2D eigenvalue weighted by molar-refractivity contribution is 6.30. The summed E-state index contributed by atoms with van der Waals surface area (Å²) >= 11 is 18.5. The van der Waals surface area contributed by atoms with Crippen LogP contribution in [0.15, 0.2) is 48.5 Å². The number of halogens is 3. The maximum absolute atomic E-state index is 6.29. The molecule has 4 heteroatoms. The summed E-state index contributed by atoms with van der Waals surface area (Å²) < 4.78 is 5.43. The summed E-state index contributed by atoms with van der Waals surface area (Å²) in [5.74, 6) is 1.71. The molecule has 0 N–H and O–H groups in total. The van der Waals surface area contributed by atoms with E-state index in [0.29, 0.717) is 23.2 Å². The second kappa shape index (κ2) is 7.40. The van der Waals surface area contributed by atoms with Crippen molar-refractivity contribution in [2.24, 2.45) is 0 Å². The van der Waals surface area contributed by atoms with E-state index in [2.05, 4.69) is 0 Å². The molecule has 0 spiro atoms. The normalized spacial score (nSPS) is 11.4. The van der Waals surface area contributed by atoms with Gasteiger partial charge < -0.3 is 4.74 Å². The lowest BCUT2D eigenvalue weighted by Gasteiger charge is -2.31. The van der Waals surface area contributed by atoms with Crippen molar-refractivity contribution in [2.45, 2.75) is 11.8 Å². The van der Waals surface area contributed by atoms with E-state index in [4.69, 9.17) is 39.5 Å². The first-order valence-corrected chi connectivity index (χ1v) is 8.10. The van der Waals surface area contributed by atoms with Gasteiger partial charge in [-0.1, -0.05) is 41.9 Å². The fourth-order valence-electron chi connectivity index (χ4n) is 2.40. The van der Waals surface area contributed by atoms with Crippen LogP contribution in [-0.4, -0.2) is 18.9 Å². The summed E-state index contributed by atoms with van der Waals surface area (Å²) in [5.41, 5.74) is 1.83. The van der Waals surface area contributed by atoms with Crippen LogP contribution >= 0.6 is 34.8 Å². The third-order valence-corrected chi connectivity index (χ3v) is 4.96. The topological polar surface area (TPSA) is 9.23 Å². The maximum atomic E-state index is 6.29. The van der Waals surface area contributed by atoms with Crippen molar-refractivity contribution < 1.29 is 4.74 Å². The quantitative estimate of drug-likeness (QED) is 0.646. The van der Waals surface area contributed by atoms with Crippen LogP contribution in [0.3, 0.4) is 0 Å². The number of benzene rings is 2. The van der Waals surface area contributed by atoms with E-state index < -0.39 is 0 Å². The van der Waals surface area contributed by atoms with Gasteiger partial charge in [-0.15, -0.1) is 23.2 Å². The molecule has 112 valence electrons. The zero-order valence-corrected chi connectivity index (χ0v) is 14.1. The highest BCUT2D eigenvalue weighted by atomic mass is 35.5. The summed E-state index contributed by atoms with van der Waals surface area (Å²) in [5, 5.41) is 0.703. The first kappa shape index (κ1) is 16.5. The summed E-state index contributed by atoms with van der Waals surface area (Å²) in [6.45, 7) is 0. The molecule has 1 nitrogen and oxygen atoms in total. The van der Waals surface area contributed by atoms with Crippen molar-refractivity contribution in [3.63, 3.8) is 0 Å². The number of ether oxygens (including phenoxy) is 1. The average Bonchev–Trinajstić information content (AvgIpc) is 2.54. The summed E-state index contributed by atoms with van der Waals surface area (Å²) in [7, 11) is 1.67. The number of hydrogen-bond acceptors (Lipinski definition) is 1. The SMILES string of the molecule is COc1ccccc1CC(CCl)(CCl)c1ccc(Cl)cc1. The van der Waals surface area contributed by atoms with Crippen LogP contribution < -0.4 is 4.74 Å². The number of para-hydroxylation sites is 1. The van der Waals surface area contributed by atoms with Gasteiger partial charge in [0.25, 0.3) is 0 Å². The van der Waals surface area contributed by atoms with Crippen LogP contribution in [-0.2, 0) is 11.8 Å². The molecule has 2 aromatic carbocycles. The molecule has 0 heterocycles. The number of rotatable bonds is 6. The van der Waals surface area contributed by atoms with Gasteiger partial charge >= 0.3 is 0 Å². The monoisotopic (exact) mass is 342 g/mol. The number of methoxy groups -OCH3 is 1. The largest absolute Gasteiger partial charge is 0.496 e. The minimum absolute atomic E-state index is 0.345. The molecule has 0 amide bonds. The predicted octanol–water partition coefficient (Wildman–Crippen LogP) is 5.31. The van der Waals surface area contributed by atoms with Gasteiger partial charge in [0.2, 0.25) is 0 Å². The van der Waals surface area contributed by atoms with E-state index in [9.17, 15) is 0 Å². The van der Waals surface area contributed by atoms with Crippen LogP contribution in [0.2, 0.25) is 5.02 Å². The van der Waals surface area contributed by atoms with Crippen LogP contribution in [0.1, 0.15) is 11.1 Å². The summed E-state index contributed by atoms with van der Waals surface area (Å²) in [6.07, 6.45) is 0.714. The second-order valence-electron chi connectivity index (χ2n) is 5.04. The van der Waals surface area contributed by atoms with Crippen LogP contribution in [0.4, 0.5) is 0 Å². The fourth-order valence-corrected chi connectivity index (χ4v) is 3.31. The van der Waals surface area contributed by atoms with Gasteiger partial charge in [0.15, 0.2) is 0 Å². The van der Waals surface area contributed by atoms with E-state index in [0.717, 1.165) is 16.9 Å². The van der Waals surface area contributed by atoms with E-state index in [-0.39, 0.29) is 5.41 Å². The lowest BCUT2D eigenvalue weighted by Crippen LogP contribution is -2.33.